The first kappa shape index (κ1) is 24.7. The van der Waals surface area contributed by atoms with Gasteiger partial charge in [-0.25, -0.2) is 0 Å². The number of nitrogens with zero attached hydrogens (tertiary/aromatic N) is 1. The van der Waals surface area contributed by atoms with Crippen LogP contribution in [0.15, 0.2) is 24.3 Å². The molecule has 0 aromatic heterocycles. The van der Waals surface area contributed by atoms with E-state index in [0.717, 1.165) is 0 Å². The van der Waals surface area contributed by atoms with Crippen LogP contribution < -0.4 is 15.4 Å². The molecule has 0 aliphatic carbocycles. The number of rotatable bonds is 10. The molecule has 0 saturated carbocycles. The summed E-state index contributed by atoms with van der Waals surface area (Å²) in [4.78, 5) is 40.0. The van der Waals surface area contributed by atoms with Crippen molar-refractivity contribution in [3.8, 4) is 5.75 Å². The van der Waals surface area contributed by atoms with E-state index in [4.69, 9.17) is 9.47 Å². The van der Waals surface area contributed by atoms with Gasteiger partial charge in [-0.15, -0.1) is 0 Å². The second-order valence-corrected chi connectivity index (χ2v) is 8.28. The van der Waals surface area contributed by atoms with Gasteiger partial charge in [0.05, 0.1) is 13.7 Å². The lowest BCUT2D eigenvalue weighted by atomic mass is 9.88. The van der Waals surface area contributed by atoms with Crippen LogP contribution in [0, 0.1) is 11.8 Å². The van der Waals surface area contributed by atoms with Crippen LogP contribution in [0.3, 0.4) is 0 Å². The van der Waals surface area contributed by atoms with Gasteiger partial charge in [0.25, 0.3) is 5.91 Å². The molecule has 1 aliphatic rings. The Hall–Kier alpha value is -2.61. The molecule has 1 heterocycles. The van der Waals surface area contributed by atoms with Gasteiger partial charge in [-0.3, -0.25) is 14.4 Å². The lowest BCUT2D eigenvalue weighted by Crippen LogP contribution is -2.54. The summed E-state index contributed by atoms with van der Waals surface area (Å²) in [6.07, 6.45) is 1.84. The lowest BCUT2D eigenvalue weighted by Gasteiger charge is -2.36. The van der Waals surface area contributed by atoms with Crippen LogP contribution in [-0.2, 0) is 14.3 Å². The van der Waals surface area contributed by atoms with Crippen molar-refractivity contribution < 1.29 is 23.9 Å². The van der Waals surface area contributed by atoms with Gasteiger partial charge in [-0.1, -0.05) is 19.9 Å². The minimum Gasteiger partial charge on any atom is -0.497 e. The van der Waals surface area contributed by atoms with Crippen molar-refractivity contribution in [2.75, 3.05) is 40.5 Å². The summed E-state index contributed by atoms with van der Waals surface area (Å²) in [5.74, 6) is 0.414. The van der Waals surface area contributed by atoms with E-state index in [9.17, 15) is 14.4 Å². The SMILES string of the molecule is COCCNC(=O)[C@@H](NC(=O)c1cccc(OC)c1)C1CCN(C(=O)CC(C)C)CC1. The molecular weight excluding hydrogens is 398 g/mol. The summed E-state index contributed by atoms with van der Waals surface area (Å²) in [5.41, 5.74) is 0.429. The van der Waals surface area contributed by atoms with Gasteiger partial charge in [-0.2, -0.15) is 0 Å². The standard InChI is InChI=1S/C23H35N3O5/c1-16(2)14-20(27)26-11-8-17(9-12-26)21(23(29)24-10-13-30-3)25-22(28)18-6-5-7-19(15-18)31-4/h5-7,15-17,21H,8-14H2,1-4H3,(H,24,29)(H,25,28)/t21-/m0/s1. The van der Waals surface area contributed by atoms with Gasteiger partial charge in [0, 0.05) is 38.7 Å². The maximum Gasteiger partial charge on any atom is 0.252 e. The molecule has 1 fully saturated rings. The number of methoxy groups -OCH3 is 2. The van der Waals surface area contributed by atoms with Crippen molar-refractivity contribution in [1.29, 1.82) is 0 Å². The molecule has 2 N–H and O–H groups in total. The van der Waals surface area contributed by atoms with Crippen LogP contribution in [0.1, 0.15) is 43.5 Å². The summed E-state index contributed by atoms with van der Waals surface area (Å²) >= 11 is 0. The topological polar surface area (TPSA) is 97.0 Å². The molecule has 8 heteroatoms. The number of hydrogen-bond donors (Lipinski definition) is 2. The highest BCUT2D eigenvalue weighted by Crippen LogP contribution is 2.23. The summed E-state index contributed by atoms with van der Waals surface area (Å²) in [6.45, 7) is 6.00. The molecule has 31 heavy (non-hydrogen) atoms. The van der Waals surface area contributed by atoms with Crippen molar-refractivity contribution in [1.82, 2.24) is 15.5 Å². The Bertz CT molecular complexity index is 744. The van der Waals surface area contributed by atoms with Crippen molar-refractivity contribution >= 4 is 17.7 Å². The van der Waals surface area contributed by atoms with E-state index in [1.807, 2.05) is 18.7 Å². The zero-order valence-electron chi connectivity index (χ0n) is 19.0. The van der Waals surface area contributed by atoms with Crippen molar-refractivity contribution in [2.45, 2.75) is 39.2 Å². The molecule has 1 saturated heterocycles. The molecule has 0 radical (unpaired) electrons. The number of ether oxygens (including phenoxy) is 2. The highest BCUT2D eigenvalue weighted by atomic mass is 16.5. The number of likely N-dealkylation sites (tertiary alicyclic amines) is 1. The van der Waals surface area contributed by atoms with Gasteiger partial charge in [0.15, 0.2) is 0 Å². The average Bonchev–Trinajstić information content (AvgIpc) is 2.77. The molecule has 0 unspecified atom stereocenters. The summed E-state index contributed by atoms with van der Waals surface area (Å²) < 4.78 is 10.2. The van der Waals surface area contributed by atoms with E-state index >= 15 is 0 Å². The number of carbonyl (C=O) groups is 3. The zero-order valence-corrected chi connectivity index (χ0v) is 19.0. The number of benzene rings is 1. The minimum absolute atomic E-state index is 0.0554. The lowest BCUT2D eigenvalue weighted by molar-refractivity contribution is -0.133. The van der Waals surface area contributed by atoms with Crippen LogP contribution in [-0.4, -0.2) is 69.1 Å². The van der Waals surface area contributed by atoms with E-state index < -0.39 is 6.04 Å². The molecule has 2 rings (SSSR count). The molecule has 3 amide bonds. The molecule has 0 spiro atoms. The number of hydrogen-bond acceptors (Lipinski definition) is 5. The number of nitrogens with one attached hydrogen (secondary N) is 2. The fourth-order valence-corrected chi connectivity index (χ4v) is 3.73. The second kappa shape index (κ2) is 12.3. The van der Waals surface area contributed by atoms with Gasteiger partial charge in [-0.05, 0) is 42.9 Å². The molecule has 1 aliphatic heterocycles. The first-order valence-corrected chi connectivity index (χ1v) is 10.8. The third-order valence-electron chi connectivity index (χ3n) is 5.45. The number of carbonyl (C=O) groups excluding carboxylic acids is 3. The minimum atomic E-state index is -0.682. The van der Waals surface area contributed by atoms with E-state index in [0.29, 0.717) is 62.7 Å². The Balaban J connectivity index is 2.07. The van der Waals surface area contributed by atoms with E-state index in [1.54, 1.807) is 31.4 Å². The van der Waals surface area contributed by atoms with Crippen molar-refractivity contribution in [3.05, 3.63) is 29.8 Å². The summed E-state index contributed by atoms with van der Waals surface area (Å²) in [6, 6.07) is 6.14. The Labute approximate surface area is 184 Å². The molecule has 1 atom stereocenters. The van der Waals surface area contributed by atoms with Crippen LogP contribution in [0.5, 0.6) is 5.75 Å². The highest BCUT2D eigenvalue weighted by molar-refractivity contribution is 5.98. The number of amides is 3. The van der Waals surface area contributed by atoms with Crippen LogP contribution in [0.2, 0.25) is 0 Å². The Morgan fingerprint density at radius 2 is 1.87 bits per heavy atom. The van der Waals surface area contributed by atoms with Crippen LogP contribution >= 0.6 is 0 Å². The van der Waals surface area contributed by atoms with E-state index in [2.05, 4.69) is 10.6 Å². The van der Waals surface area contributed by atoms with Crippen LogP contribution in [0.4, 0.5) is 0 Å². The number of piperidine rings is 1. The molecule has 8 nitrogen and oxygen atoms in total. The fourth-order valence-electron chi connectivity index (χ4n) is 3.73. The average molecular weight is 434 g/mol. The molecule has 1 aromatic carbocycles. The molecule has 172 valence electrons. The van der Waals surface area contributed by atoms with Crippen LogP contribution in [0.25, 0.3) is 0 Å². The Kier molecular flexibility index (Phi) is 9.78. The molecule has 0 bridgehead atoms. The first-order valence-electron chi connectivity index (χ1n) is 10.8. The third-order valence-corrected chi connectivity index (χ3v) is 5.45. The van der Waals surface area contributed by atoms with Crippen molar-refractivity contribution in [3.63, 3.8) is 0 Å². The highest BCUT2D eigenvalue weighted by Gasteiger charge is 2.34. The van der Waals surface area contributed by atoms with E-state index in [1.165, 1.54) is 7.11 Å². The molecule has 1 aromatic rings. The predicted molar refractivity (Wildman–Crippen MR) is 118 cm³/mol. The Morgan fingerprint density at radius 3 is 2.48 bits per heavy atom. The smallest absolute Gasteiger partial charge is 0.252 e. The maximum absolute atomic E-state index is 12.9. The van der Waals surface area contributed by atoms with E-state index in [-0.39, 0.29) is 23.6 Å². The quantitative estimate of drug-likeness (QED) is 0.549. The van der Waals surface area contributed by atoms with Gasteiger partial charge < -0.3 is 25.0 Å². The van der Waals surface area contributed by atoms with Crippen molar-refractivity contribution in [2.24, 2.45) is 11.8 Å². The zero-order chi connectivity index (χ0) is 22.8. The second-order valence-electron chi connectivity index (χ2n) is 8.28. The van der Waals surface area contributed by atoms with Gasteiger partial charge in [0.1, 0.15) is 11.8 Å². The third kappa shape index (κ3) is 7.54. The summed E-state index contributed by atoms with van der Waals surface area (Å²) in [7, 11) is 3.11. The molecular formula is C23H35N3O5. The fraction of sp³-hybridized carbons (Fsp3) is 0.609. The first-order chi connectivity index (χ1) is 14.8. The monoisotopic (exact) mass is 433 g/mol. The maximum atomic E-state index is 12.9. The summed E-state index contributed by atoms with van der Waals surface area (Å²) in [5, 5.41) is 5.74. The largest absolute Gasteiger partial charge is 0.497 e. The predicted octanol–water partition coefficient (Wildman–Crippen LogP) is 1.84. The Morgan fingerprint density at radius 1 is 1.16 bits per heavy atom. The normalized spacial score (nSPS) is 15.5. The van der Waals surface area contributed by atoms with Gasteiger partial charge >= 0.3 is 0 Å². The van der Waals surface area contributed by atoms with Gasteiger partial charge in [0.2, 0.25) is 11.8 Å².